The Labute approximate surface area is 146 Å². The maximum Gasteiger partial charge on any atom is 0.240 e. The van der Waals surface area contributed by atoms with E-state index in [1.165, 1.54) is 0 Å². The molecule has 2 aromatic carbocycles. The largest absolute Gasteiger partial charge is 0.325 e. The molecule has 124 valence electrons. The van der Waals surface area contributed by atoms with Gasteiger partial charge in [0.15, 0.2) is 0 Å². The lowest BCUT2D eigenvalue weighted by Crippen LogP contribution is -2.35. The van der Waals surface area contributed by atoms with Gasteiger partial charge in [0.25, 0.3) is 0 Å². The van der Waals surface area contributed by atoms with E-state index in [0.717, 1.165) is 17.7 Å². The summed E-state index contributed by atoms with van der Waals surface area (Å²) in [5.41, 5.74) is 1.34. The van der Waals surface area contributed by atoms with E-state index >= 15 is 0 Å². The Bertz CT molecular complexity index is 784. The minimum atomic E-state index is -1.000. The van der Waals surface area contributed by atoms with E-state index in [-0.39, 0.29) is 11.8 Å². The first kappa shape index (κ1) is 16.5. The Balaban J connectivity index is 1.74. The predicted octanol–water partition coefficient (Wildman–Crippen LogP) is 4.26. The summed E-state index contributed by atoms with van der Waals surface area (Å²) in [6, 6.07) is 14.6. The fourth-order valence-electron chi connectivity index (χ4n) is 2.68. The van der Waals surface area contributed by atoms with Crippen molar-refractivity contribution in [3.05, 3.63) is 59.1 Å². The van der Waals surface area contributed by atoms with Crippen LogP contribution in [0.25, 0.3) is 0 Å². The molecule has 5 heteroatoms. The highest BCUT2D eigenvalue weighted by Gasteiger charge is 2.56. The van der Waals surface area contributed by atoms with Crippen LogP contribution in [0.4, 0.5) is 11.4 Å². The molecule has 0 bridgehead atoms. The minimum Gasteiger partial charge on any atom is -0.325 e. The molecule has 0 aromatic heterocycles. The van der Waals surface area contributed by atoms with Crippen LogP contribution >= 0.6 is 11.6 Å². The van der Waals surface area contributed by atoms with Crippen molar-refractivity contribution in [3.8, 4) is 0 Å². The second-order valence-corrected chi connectivity index (χ2v) is 6.39. The topological polar surface area (TPSA) is 58.2 Å². The number of para-hydroxylation sites is 2. The third-order valence-corrected chi connectivity index (χ3v) is 4.72. The fourth-order valence-corrected chi connectivity index (χ4v) is 2.86. The van der Waals surface area contributed by atoms with E-state index in [0.29, 0.717) is 23.6 Å². The number of halogens is 1. The molecule has 0 aliphatic heterocycles. The van der Waals surface area contributed by atoms with Gasteiger partial charge in [-0.1, -0.05) is 48.9 Å². The van der Waals surface area contributed by atoms with Crippen molar-refractivity contribution in [2.75, 3.05) is 10.6 Å². The van der Waals surface area contributed by atoms with Gasteiger partial charge in [0, 0.05) is 5.69 Å². The number of nitrogens with one attached hydrogen (secondary N) is 2. The highest BCUT2D eigenvalue weighted by atomic mass is 35.5. The second-order valence-electron chi connectivity index (χ2n) is 5.98. The molecule has 0 radical (unpaired) electrons. The number of anilines is 2. The summed E-state index contributed by atoms with van der Waals surface area (Å²) in [6.07, 6.45) is 1.90. The lowest BCUT2D eigenvalue weighted by Gasteiger charge is -2.17. The summed E-state index contributed by atoms with van der Waals surface area (Å²) in [7, 11) is 0. The van der Waals surface area contributed by atoms with Crippen molar-refractivity contribution in [1.29, 1.82) is 0 Å². The molecular weight excluding hydrogens is 324 g/mol. The molecule has 1 saturated carbocycles. The Morgan fingerprint density at radius 1 is 0.958 bits per heavy atom. The minimum absolute atomic E-state index is 0.257. The van der Waals surface area contributed by atoms with E-state index in [1.54, 1.807) is 24.3 Å². The van der Waals surface area contributed by atoms with Crippen LogP contribution in [0.1, 0.15) is 25.3 Å². The Morgan fingerprint density at radius 2 is 1.50 bits per heavy atom. The molecular formula is C19H19ClN2O2. The third kappa shape index (κ3) is 3.15. The zero-order valence-corrected chi connectivity index (χ0v) is 14.2. The van der Waals surface area contributed by atoms with Crippen molar-refractivity contribution in [2.45, 2.75) is 26.2 Å². The number of carbonyl (C=O) groups excluding carboxylic acids is 2. The highest BCUT2D eigenvalue weighted by Crippen LogP contribution is 2.48. The van der Waals surface area contributed by atoms with Crippen molar-refractivity contribution in [1.82, 2.24) is 0 Å². The zero-order valence-electron chi connectivity index (χ0n) is 13.4. The van der Waals surface area contributed by atoms with Gasteiger partial charge in [-0.15, -0.1) is 0 Å². The number of aryl methyl sites for hydroxylation is 1. The molecule has 2 aromatic rings. The van der Waals surface area contributed by atoms with Crippen LogP contribution in [0.15, 0.2) is 48.5 Å². The standard InChI is InChI=1S/C19H19ClN2O2/c1-2-13-7-3-5-9-15(13)21-17(23)19(11-12-19)18(24)22-16-10-6-4-8-14(16)20/h3-10H,2,11-12H2,1H3,(H,21,23)(H,22,24). The van der Waals surface area contributed by atoms with Crippen LogP contribution in [-0.4, -0.2) is 11.8 Å². The van der Waals surface area contributed by atoms with Gasteiger partial charge in [0.1, 0.15) is 5.41 Å². The first-order valence-corrected chi connectivity index (χ1v) is 8.40. The van der Waals surface area contributed by atoms with E-state index < -0.39 is 5.41 Å². The van der Waals surface area contributed by atoms with Crippen LogP contribution in [0, 0.1) is 5.41 Å². The molecule has 2 N–H and O–H groups in total. The second kappa shape index (κ2) is 6.65. The molecule has 1 aliphatic carbocycles. The van der Waals surface area contributed by atoms with Gasteiger partial charge in [0.05, 0.1) is 10.7 Å². The summed E-state index contributed by atoms with van der Waals surface area (Å²) in [5.74, 6) is -0.560. The Morgan fingerprint density at radius 3 is 2.08 bits per heavy atom. The van der Waals surface area contributed by atoms with Gasteiger partial charge in [-0.05, 0) is 43.0 Å². The number of benzene rings is 2. The summed E-state index contributed by atoms with van der Waals surface area (Å²) in [4.78, 5) is 25.3. The average molecular weight is 343 g/mol. The predicted molar refractivity (Wildman–Crippen MR) is 96.2 cm³/mol. The van der Waals surface area contributed by atoms with Crippen LogP contribution in [-0.2, 0) is 16.0 Å². The maximum absolute atomic E-state index is 12.7. The van der Waals surface area contributed by atoms with Crippen LogP contribution in [0.5, 0.6) is 0 Å². The van der Waals surface area contributed by atoms with Crippen molar-refractivity contribution in [2.24, 2.45) is 5.41 Å². The normalized spacial score (nSPS) is 14.8. The number of hydrogen-bond donors (Lipinski definition) is 2. The first-order chi connectivity index (χ1) is 11.6. The summed E-state index contributed by atoms with van der Waals surface area (Å²) < 4.78 is 0. The van der Waals surface area contributed by atoms with E-state index in [4.69, 9.17) is 11.6 Å². The molecule has 0 atom stereocenters. The van der Waals surface area contributed by atoms with Crippen molar-refractivity contribution >= 4 is 34.8 Å². The molecule has 0 heterocycles. The van der Waals surface area contributed by atoms with Gasteiger partial charge in [-0.2, -0.15) is 0 Å². The summed E-state index contributed by atoms with van der Waals surface area (Å²) in [6.45, 7) is 2.03. The molecule has 3 rings (SSSR count). The fraction of sp³-hybridized carbons (Fsp3) is 0.263. The number of carbonyl (C=O) groups is 2. The van der Waals surface area contributed by atoms with Crippen LogP contribution < -0.4 is 10.6 Å². The van der Waals surface area contributed by atoms with E-state index in [9.17, 15) is 9.59 Å². The van der Waals surface area contributed by atoms with Gasteiger partial charge in [0.2, 0.25) is 11.8 Å². The van der Waals surface area contributed by atoms with Gasteiger partial charge in [-0.3, -0.25) is 9.59 Å². The zero-order chi connectivity index (χ0) is 17.2. The van der Waals surface area contributed by atoms with E-state index in [2.05, 4.69) is 10.6 Å². The number of hydrogen-bond acceptors (Lipinski definition) is 2. The average Bonchev–Trinajstić information content (AvgIpc) is 3.39. The first-order valence-electron chi connectivity index (χ1n) is 8.02. The van der Waals surface area contributed by atoms with Crippen molar-refractivity contribution in [3.63, 3.8) is 0 Å². The Hall–Kier alpha value is -2.33. The lowest BCUT2D eigenvalue weighted by atomic mass is 10.0. The molecule has 2 amide bonds. The summed E-state index contributed by atoms with van der Waals surface area (Å²) in [5, 5.41) is 6.15. The molecule has 0 saturated heterocycles. The van der Waals surface area contributed by atoms with Gasteiger partial charge >= 0.3 is 0 Å². The number of rotatable bonds is 5. The third-order valence-electron chi connectivity index (χ3n) is 4.39. The quantitative estimate of drug-likeness (QED) is 0.798. The van der Waals surface area contributed by atoms with Crippen LogP contribution in [0.2, 0.25) is 5.02 Å². The van der Waals surface area contributed by atoms with Gasteiger partial charge < -0.3 is 10.6 Å². The van der Waals surface area contributed by atoms with Crippen LogP contribution in [0.3, 0.4) is 0 Å². The molecule has 1 fully saturated rings. The Kier molecular flexibility index (Phi) is 4.58. The van der Waals surface area contributed by atoms with Gasteiger partial charge in [-0.25, -0.2) is 0 Å². The smallest absolute Gasteiger partial charge is 0.240 e. The SMILES string of the molecule is CCc1ccccc1NC(=O)C1(C(=O)Nc2ccccc2Cl)CC1. The summed E-state index contributed by atoms with van der Waals surface area (Å²) >= 11 is 6.07. The highest BCUT2D eigenvalue weighted by molar-refractivity contribution is 6.34. The monoisotopic (exact) mass is 342 g/mol. The van der Waals surface area contributed by atoms with E-state index in [1.807, 2.05) is 31.2 Å². The molecule has 4 nitrogen and oxygen atoms in total. The molecule has 0 unspecified atom stereocenters. The maximum atomic E-state index is 12.7. The number of amides is 2. The molecule has 0 spiro atoms. The molecule has 24 heavy (non-hydrogen) atoms. The molecule has 1 aliphatic rings. The lowest BCUT2D eigenvalue weighted by molar-refractivity contribution is -0.131. The van der Waals surface area contributed by atoms with Crippen molar-refractivity contribution < 1.29 is 9.59 Å².